The van der Waals surface area contributed by atoms with Gasteiger partial charge in [-0.2, -0.15) is 4.98 Å². The highest BCUT2D eigenvalue weighted by atomic mass is 32.1. The number of aryl methyl sites for hydroxylation is 1. The largest absolute Gasteiger partial charge is 0.378 e. The number of carbonyl (C=O) groups excluding carboxylic acids is 1. The Morgan fingerprint density at radius 2 is 1.84 bits per heavy atom. The summed E-state index contributed by atoms with van der Waals surface area (Å²) >= 11 is 1.56. The SMILES string of the molecule is Cc1cc(N2CCOCC2)nc(N2CCN(C(=O)c3cc(-c4cccs4)on3)CC2)n1. The first kappa shape index (κ1) is 20.0. The molecule has 9 nitrogen and oxygen atoms in total. The van der Waals surface area contributed by atoms with Crippen LogP contribution in [0.2, 0.25) is 0 Å². The molecule has 31 heavy (non-hydrogen) atoms. The van der Waals surface area contributed by atoms with Crippen LogP contribution < -0.4 is 9.80 Å². The van der Waals surface area contributed by atoms with Crippen LogP contribution >= 0.6 is 11.3 Å². The van der Waals surface area contributed by atoms with Crippen LogP contribution in [0.4, 0.5) is 11.8 Å². The Kier molecular flexibility index (Phi) is 5.56. The molecule has 0 aromatic carbocycles. The van der Waals surface area contributed by atoms with Gasteiger partial charge in [-0.1, -0.05) is 11.2 Å². The first-order valence-corrected chi connectivity index (χ1v) is 11.3. The van der Waals surface area contributed by atoms with Gasteiger partial charge in [-0.05, 0) is 18.4 Å². The summed E-state index contributed by atoms with van der Waals surface area (Å²) in [6, 6.07) is 7.63. The predicted octanol–water partition coefficient (Wildman–Crippen LogP) is 2.30. The Morgan fingerprint density at radius 3 is 2.58 bits per heavy atom. The van der Waals surface area contributed by atoms with Crippen LogP contribution in [0.15, 0.2) is 34.2 Å². The molecule has 0 radical (unpaired) electrons. The fourth-order valence-corrected chi connectivity index (χ4v) is 4.49. The maximum Gasteiger partial charge on any atom is 0.276 e. The minimum absolute atomic E-state index is 0.106. The molecule has 2 aliphatic rings. The highest BCUT2D eigenvalue weighted by molar-refractivity contribution is 7.13. The van der Waals surface area contributed by atoms with Crippen molar-refractivity contribution in [3.05, 3.63) is 41.0 Å². The fourth-order valence-electron chi connectivity index (χ4n) is 3.81. The third-order valence-corrected chi connectivity index (χ3v) is 6.39. The monoisotopic (exact) mass is 440 g/mol. The normalized spacial score (nSPS) is 17.3. The minimum atomic E-state index is -0.106. The first-order valence-electron chi connectivity index (χ1n) is 10.4. The van der Waals surface area contributed by atoms with Gasteiger partial charge in [0.2, 0.25) is 5.95 Å². The summed E-state index contributed by atoms with van der Waals surface area (Å²) in [5.41, 5.74) is 1.28. The molecule has 3 aromatic heterocycles. The number of carbonyl (C=O) groups is 1. The molecule has 0 atom stereocenters. The van der Waals surface area contributed by atoms with Crippen LogP contribution in [-0.4, -0.2) is 78.4 Å². The number of hydrogen-bond acceptors (Lipinski definition) is 9. The molecule has 0 aliphatic carbocycles. The lowest BCUT2D eigenvalue weighted by Gasteiger charge is -2.35. The van der Waals surface area contributed by atoms with E-state index in [1.807, 2.05) is 35.4 Å². The van der Waals surface area contributed by atoms with Crippen molar-refractivity contribution in [3.63, 3.8) is 0 Å². The number of piperazine rings is 1. The van der Waals surface area contributed by atoms with Crippen molar-refractivity contribution in [2.75, 3.05) is 62.3 Å². The quantitative estimate of drug-likeness (QED) is 0.611. The lowest BCUT2D eigenvalue weighted by Crippen LogP contribution is -2.49. The molecule has 1 amide bonds. The molecule has 2 saturated heterocycles. The molecule has 10 heteroatoms. The number of morpholine rings is 1. The molecule has 3 aromatic rings. The Morgan fingerprint density at radius 1 is 1.03 bits per heavy atom. The van der Waals surface area contributed by atoms with Gasteiger partial charge in [0.25, 0.3) is 5.91 Å². The minimum Gasteiger partial charge on any atom is -0.378 e. The summed E-state index contributed by atoms with van der Waals surface area (Å²) in [5.74, 6) is 2.18. The number of hydrogen-bond donors (Lipinski definition) is 0. The molecule has 0 spiro atoms. The van der Waals surface area contributed by atoms with Crippen molar-refractivity contribution < 1.29 is 14.1 Å². The fraction of sp³-hybridized carbons (Fsp3) is 0.429. The van der Waals surface area contributed by atoms with Gasteiger partial charge in [0.05, 0.1) is 18.1 Å². The lowest BCUT2D eigenvalue weighted by molar-refractivity contribution is 0.0736. The molecule has 0 bridgehead atoms. The zero-order chi connectivity index (χ0) is 21.2. The van der Waals surface area contributed by atoms with Crippen molar-refractivity contribution in [2.24, 2.45) is 0 Å². The zero-order valence-electron chi connectivity index (χ0n) is 17.4. The summed E-state index contributed by atoms with van der Waals surface area (Å²) in [7, 11) is 0. The smallest absolute Gasteiger partial charge is 0.276 e. The molecule has 2 fully saturated rings. The molecule has 0 N–H and O–H groups in total. The van der Waals surface area contributed by atoms with E-state index in [0.29, 0.717) is 37.6 Å². The van der Waals surface area contributed by atoms with Gasteiger partial charge in [-0.25, -0.2) is 4.98 Å². The summed E-state index contributed by atoms with van der Waals surface area (Å²) in [6.45, 7) is 7.62. The van der Waals surface area contributed by atoms with E-state index in [-0.39, 0.29) is 5.91 Å². The topological polar surface area (TPSA) is 87.8 Å². The van der Waals surface area contributed by atoms with Gasteiger partial charge in [0.15, 0.2) is 11.5 Å². The second kappa shape index (κ2) is 8.64. The average molecular weight is 441 g/mol. The molecule has 5 rings (SSSR count). The highest BCUT2D eigenvalue weighted by Crippen LogP contribution is 2.26. The molecule has 0 unspecified atom stereocenters. The van der Waals surface area contributed by atoms with Crippen LogP contribution in [0, 0.1) is 6.92 Å². The molecular weight excluding hydrogens is 416 g/mol. The average Bonchev–Trinajstić information content (AvgIpc) is 3.51. The Bertz CT molecular complexity index is 1040. The molecule has 0 saturated carbocycles. The summed E-state index contributed by atoms with van der Waals surface area (Å²) in [5, 5.41) is 5.95. The Balaban J connectivity index is 1.24. The van der Waals surface area contributed by atoms with E-state index in [4.69, 9.17) is 14.2 Å². The van der Waals surface area contributed by atoms with E-state index < -0.39 is 0 Å². The predicted molar refractivity (Wildman–Crippen MR) is 118 cm³/mol. The van der Waals surface area contributed by atoms with Gasteiger partial charge < -0.3 is 24.0 Å². The zero-order valence-corrected chi connectivity index (χ0v) is 18.2. The van der Waals surface area contributed by atoms with Crippen molar-refractivity contribution in [1.29, 1.82) is 0 Å². The number of ether oxygens (including phenoxy) is 1. The van der Waals surface area contributed by atoms with Crippen molar-refractivity contribution in [2.45, 2.75) is 6.92 Å². The number of amides is 1. The standard InChI is InChI=1S/C21H24N6O3S/c1-15-13-19(25-8-10-29-11-9-25)23-21(22-15)27-6-4-26(5-7-27)20(28)16-14-17(30-24-16)18-3-2-12-31-18/h2-3,12-14H,4-11H2,1H3. The van der Waals surface area contributed by atoms with Crippen LogP contribution in [0.25, 0.3) is 10.6 Å². The van der Waals surface area contributed by atoms with E-state index in [9.17, 15) is 4.79 Å². The number of thiophene rings is 1. The lowest BCUT2D eigenvalue weighted by atomic mass is 10.2. The van der Waals surface area contributed by atoms with Crippen LogP contribution in [0.5, 0.6) is 0 Å². The van der Waals surface area contributed by atoms with E-state index >= 15 is 0 Å². The maximum absolute atomic E-state index is 12.9. The first-order chi connectivity index (χ1) is 15.2. The van der Waals surface area contributed by atoms with Crippen molar-refractivity contribution >= 4 is 29.0 Å². The van der Waals surface area contributed by atoms with Gasteiger partial charge in [-0.3, -0.25) is 4.79 Å². The summed E-state index contributed by atoms with van der Waals surface area (Å²) < 4.78 is 10.8. The summed E-state index contributed by atoms with van der Waals surface area (Å²) in [4.78, 5) is 29.5. The number of nitrogens with zero attached hydrogens (tertiary/aromatic N) is 6. The van der Waals surface area contributed by atoms with E-state index in [2.05, 4.69) is 19.9 Å². The number of aromatic nitrogens is 3. The molecule has 5 heterocycles. The highest BCUT2D eigenvalue weighted by Gasteiger charge is 2.26. The number of rotatable bonds is 4. The molecule has 162 valence electrons. The third-order valence-electron chi connectivity index (χ3n) is 5.51. The van der Waals surface area contributed by atoms with Gasteiger partial charge >= 0.3 is 0 Å². The third kappa shape index (κ3) is 4.26. The van der Waals surface area contributed by atoms with Crippen LogP contribution in [-0.2, 0) is 4.74 Å². The second-order valence-electron chi connectivity index (χ2n) is 7.60. The van der Waals surface area contributed by atoms with Crippen molar-refractivity contribution in [1.82, 2.24) is 20.0 Å². The van der Waals surface area contributed by atoms with E-state index in [1.165, 1.54) is 0 Å². The Labute approximate surface area is 184 Å². The second-order valence-corrected chi connectivity index (χ2v) is 8.55. The number of anilines is 2. The van der Waals surface area contributed by atoms with E-state index in [0.717, 1.165) is 48.6 Å². The summed E-state index contributed by atoms with van der Waals surface area (Å²) in [6.07, 6.45) is 0. The van der Waals surface area contributed by atoms with Gasteiger partial charge in [0, 0.05) is 57.1 Å². The molecular formula is C21H24N6O3S. The Hall–Kier alpha value is -2.98. The van der Waals surface area contributed by atoms with E-state index in [1.54, 1.807) is 17.4 Å². The molecule has 2 aliphatic heterocycles. The van der Waals surface area contributed by atoms with Gasteiger partial charge in [-0.15, -0.1) is 11.3 Å². The van der Waals surface area contributed by atoms with Crippen LogP contribution in [0.1, 0.15) is 16.2 Å². The van der Waals surface area contributed by atoms with Gasteiger partial charge in [0.1, 0.15) is 5.82 Å². The maximum atomic E-state index is 12.9. The van der Waals surface area contributed by atoms with Crippen molar-refractivity contribution in [3.8, 4) is 10.6 Å². The van der Waals surface area contributed by atoms with Crippen LogP contribution in [0.3, 0.4) is 0 Å².